The van der Waals surface area contributed by atoms with E-state index in [4.69, 9.17) is 23.2 Å². The normalized spacial score (nSPS) is 10.7. The van der Waals surface area contributed by atoms with E-state index >= 15 is 0 Å². The Kier molecular flexibility index (Phi) is 4.12. The van der Waals surface area contributed by atoms with Crippen molar-refractivity contribution in [3.8, 4) is 0 Å². The molecule has 1 aromatic heterocycles. The molecular formula is C13H12Cl2N2O2. The first-order valence-electron chi connectivity index (χ1n) is 5.77. The fraction of sp³-hybridized carbons (Fsp3) is 0.231. The van der Waals surface area contributed by atoms with Crippen molar-refractivity contribution in [2.24, 2.45) is 0 Å². The highest BCUT2D eigenvalue weighted by molar-refractivity contribution is 6.42. The van der Waals surface area contributed by atoms with Crippen LogP contribution < -0.4 is 11.2 Å². The van der Waals surface area contributed by atoms with Gasteiger partial charge in [0.25, 0.3) is 5.56 Å². The predicted molar refractivity (Wildman–Crippen MR) is 76.2 cm³/mol. The lowest BCUT2D eigenvalue weighted by atomic mass is 10.2. The first-order chi connectivity index (χ1) is 9.04. The molecule has 0 saturated heterocycles. The second-order valence-corrected chi connectivity index (χ2v) is 4.81. The van der Waals surface area contributed by atoms with Crippen LogP contribution in [0.1, 0.15) is 12.5 Å². The largest absolute Gasteiger partial charge is 0.331 e. The van der Waals surface area contributed by atoms with Gasteiger partial charge in [0.1, 0.15) is 0 Å². The fourth-order valence-electron chi connectivity index (χ4n) is 1.78. The van der Waals surface area contributed by atoms with Crippen molar-refractivity contribution in [1.82, 2.24) is 9.13 Å². The molecule has 1 aromatic carbocycles. The third kappa shape index (κ3) is 2.74. The lowest BCUT2D eigenvalue weighted by molar-refractivity contribution is 0.600. The summed E-state index contributed by atoms with van der Waals surface area (Å²) in [6.07, 6.45) is 1.49. The standard InChI is InChI=1S/C13H12Cl2N2O2/c1-2-16-7-6-11(18)17(13(16)19)8-9-4-3-5-10(14)12(9)15/h3-7H,2,8H2,1H3. The van der Waals surface area contributed by atoms with E-state index in [9.17, 15) is 9.59 Å². The maximum atomic E-state index is 12.1. The molecule has 4 nitrogen and oxygen atoms in total. The molecule has 0 unspecified atom stereocenters. The van der Waals surface area contributed by atoms with Crippen molar-refractivity contribution < 1.29 is 0 Å². The number of hydrogen-bond acceptors (Lipinski definition) is 2. The zero-order valence-electron chi connectivity index (χ0n) is 10.3. The average molecular weight is 299 g/mol. The molecule has 19 heavy (non-hydrogen) atoms. The molecule has 0 bridgehead atoms. The van der Waals surface area contributed by atoms with E-state index in [0.717, 1.165) is 4.57 Å². The zero-order valence-corrected chi connectivity index (χ0v) is 11.8. The van der Waals surface area contributed by atoms with Crippen LogP contribution in [0.3, 0.4) is 0 Å². The Bertz CT molecular complexity index is 719. The summed E-state index contributed by atoms with van der Waals surface area (Å²) >= 11 is 12.0. The molecule has 0 spiro atoms. The molecule has 0 aliphatic heterocycles. The van der Waals surface area contributed by atoms with Crippen LogP contribution >= 0.6 is 23.2 Å². The van der Waals surface area contributed by atoms with Gasteiger partial charge >= 0.3 is 5.69 Å². The van der Waals surface area contributed by atoms with Crippen LogP contribution in [0, 0.1) is 0 Å². The summed E-state index contributed by atoms with van der Waals surface area (Å²) in [5.41, 5.74) is -0.0704. The van der Waals surface area contributed by atoms with Gasteiger partial charge < -0.3 is 4.57 Å². The second-order valence-electron chi connectivity index (χ2n) is 4.02. The van der Waals surface area contributed by atoms with Gasteiger partial charge in [-0.3, -0.25) is 9.36 Å². The first-order valence-corrected chi connectivity index (χ1v) is 6.53. The Labute approximate surface area is 119 Å². The lowest BCUT2D eigenvalue weighted by Gasteiger charge is -2.10. The molecule has 0 fully saturated rings. The fourth-order valence-corrected chi connectivity index (χ4v) is 2.16. The van der Waals surface area contributed by atoms with Crippen LogP contribution in [-0.2, 0) is 13.1 Å². The molecule has 0 amide bonds. The van der Waals surface area contributed by atoms with Gasteiger partial charge in [0.15, 0.2) is 0 Å². The third-order valence-corrected chi connectivity index (χ3v) is 3.70. The Balaban J connectivity index is 2.53. The van der Waals surface area contributed by atoms with E-state index in [1.165, 1.54) is 16.8 Å². The molecular weight excluding hydrogens is 287 g/mol. The molecule has 0 atom stereocenters. The van der Waals surface area contributed by atoms with Gasteiger partial charge in [-0.15, -0.1) is 0 Å². The SMILES string of the molecule is CCn1ccc(=O)n(Cc2cccc(Cl)c2Cl)c1=O. The maximum Gasteiger partial charge on any atom is 0.331 e. The Morgan fingerprint density at radius 1 is 1.16 bits per heavy atom. The Morgan fingerprint density at radius 2 is 1.89 bits per heavy atom. The molecule has 100 valence electrons. The van der Waals surface area contributed by atoms with Gasteiger partial charge in [-0.2, -0.15) is 0 Å². The van der Waals surface area contributed by atoms with E-state index < -0.39 is 0 Å². The number of aryl methyl sites for hydroxylation is 1. The van der Waals surface area contributed by atoms with Crippen LogP contribution in [0.15, 0.2) is 40.1 Å². The van der Waals surface area contributed by atoms with E-state index in [1.807, 2.05) is 6.92 Å². The predicted octanol–water partition coefficient (Wildman–Crippen LogP) is 2.39. The van der Waals surface area contributed by atoms with Crippen molar-refractivity contribution in [2.45, 2.75) is 20.0 Å². The van der Waals surface area contributed by atoms with Crippen LogP contribution in [0.5, 0.6) is 0 Å². The van der Waals surface area contributed by atoms with Crippen LogP contribution in [-0.4, -0.2) is 9.13 Å². The molecule has 2 rings (SSSR count). The van der Waals surface area contributed by atoms with E-state index in [2.05, 4.69) is 0 Å². The smallest absolute Gasteiger partial charge is 0.301 e. The summed E-state index contributed by atoms with van der Waals surface area (Å²) in [5, 5.41) is 0.765. The van der Waals surface area contributed by atoms with E-state index in [1.54, 1.807) is 18.2 Å². The van der Waals surface area contributed by atoms with E-state index in [0.29, 0.717) is 22.2 Å². The Morgan fingerprint density at radius 3 is 2.58 bits per heavy atom. The lowest BCUT2D eigenvalue weighted by Crippen LogP contribution is -2.39. The molecule has 0 radical (unpaired) electrons. The number of benzene rings is 1. The summed E-state index contributed by atoms with van der Waals surface area (Å²) in [6, 6.07) is 6.49. The summed E-state index contributed by atoms with van der Waals surface area (Å²) in [6.45, 7) is 2.45. The monoisotopic (exact) mass is 298 g/mol. The minimum Gasteiger partial charge on any atom is -0.301 e. The molecule has 2 aromatic rings. The average Bonchev–Trinajstić information content (AvgIpc) is 2.39. The minimum atomic E-state index is -0.356. The maximum absolute atomic E-state index is 12.1. The molecule has 6 heteroatoms. The number of rotatable bonds is 3. The second kappa shape index (κ2) is 5.63. The highest BCUT2D eigenvalue weighted by atomic mass is 35.5. The van der Waals surface area contributed by atoms with Crippen molar-refractivity contribution in [2.75, 3.05) is 0 Å². The molecule has 0 saturated carbocycles. The van der Waals surface area contributed by atoms with Gasteiger partial charge in [0, 0.05) is 18.8 Å². The summed E-state index contributed by atoms with van der Waals surface area (Å²) in [4.78, 5) is 23.9. The summed E-state index contributed by atoms with van der Waals surface area (Å²) in [5.74, 6) is 0. The van der Waals surface area contributed by atoms with Gasteiger partial charge in [0.2, 0.25) is 0 Å². The number of halogens is 2. The van der Waals surface area contributed by atoms with Crippen molar-refractivity contribution in [3.63, 3.8) is 0 Å². The van der Waals surface area contributed by atoms with Crippen molar-refractivity contribution in [1.29, 1.82) is 0 Å². The molecule has 0 aliphatic carbocycles. The van der Waals surface area contributed by atoms with Gasteiger partial charge in [-0.25, -0.2) is 4.79 Å². The first kappa shape index (κ1) is 13.9. The van der Waals surface area contributed by atoms with Crippen molar-refractivity contribution in [3.05, 3.63) is 66.9 Å². The van der Waals surface area contributed by atoms with Gasteiger partial charge in [0.05, 0.1) is 16.6 Å². The highest BCUT2D eigenvalue weighted by Gasteiger charge is 2.09. The summed E-state index contributed by atoms with van der Waals surface area (Å²) < 4.78 is 2.60. The van der Waals surface area contributed by atoms with Crippen LogP contribution in [0.4, 0.5) is 0 Å². The molecule has 1 heterocycles. The molecule has 0 aliphatic rings. The number of nitrogens with zero attached hydrogens (tertiary/aromatic N) is 2. The van der Waals surface area contributed by atoms with E-state index in [-0.39, 0.29) is 17.8 Å². The topological polar surface area (TPSA) is 44.0 Å². The summed E-state index contributed by atoms with van der Waals surface area (Å²) in [7, 11) is 0. The number of hydrogen-bond donors (Lipinski definition) is 0. The van der Waals surface area contributed by atoms with Crippen LogP contribution in [0.25, 0.3) is 0 Å². The van der Waals surface area contributed by atoms with Crippen LogP contribution in [0.2, 0.25) is 10.0 Å². The zero-order chi connectivity index (χ0) is 14.0. The van der Waals surface area contributed by atoms with Gasteiger partial charge in [-0.05, 0) is 18.6 Å². The van der Waals surface area contributed by atoms with Crippen molar-refractivity contribution >= 4 is 23.2 Å². The molecule has 0 N–H and O–H groups in total. The van der Waals surface area contributed by atoms with Gasteiger partial charge in [-0.1, -0.05) is 35.3 Å². The third-order valence-electron chi connectivity index (χ3n) is 2.84. The Hall–Kier alpha value is -1.52. The number of aromatic nitrogens is 2. The quantitative estimate of drug-likeness (QED) is 0.873. The minimum absolute atomic E-state index is 0.109. The highest BCUT2D eigenvalue weighted by Crippen LogP contribution is 2.25.